The zero-order valence-electron chi connectivity index (χ0n) is 12.3. The second kappa shape index (κ2) is 7.88. The fourth-order valence-electron chi connectivity index (χ4n) is 3.54. The summed E-state index contributed by atoms with van der Waals surface area (Å²) in [6.07, 6.45) is 12.6. The van der Waals surface area contributed by atoms with E-state index in [4.69, 9.17) is 4.74 Å². The maximum absolute atomic E-state index is 11.7. The van der Waals surface area contributed by atoms with Crippen LogP contribution in [-0.2, 0) is 9.53 Å². The molecule has 2 aliphatic carbocycles. The molecule has 0 aromatic carbocycles. The predicted octanol–water partition coefficient (Wildman–Crippen LogP) is 3.42. The zero-order chi connectivity index (χ0) is 13.5. The number of carbonyl (C=O) groups is 1. The van der Waals surface area contributed by atoms with Crippen LogP contribution in [0.5, 0.6) is 0 Å². The average molecular weight is 267 g/mol. The van der Waals surface area contributed by atoms with Crippen molar-refractivity contribution < 1.29 is 9.53 Å². The molecule has 0 atom stereocenters. The topological polar surface area (TPSA) is 38.3 Å². The van der Waals surface area contributed by atoms with Crippen LogP contribution in [0.1, 0.15) is 71.1 Å². The first kappa shape index (κ1) is 14.8. The maximum Gasteiger partial charge on any atom is 0.308 e. The first-order chi connectivity index (χ1) is 9.29. The van der Waals surface area contributed by atoms with Crippen molar-refractivity contribution in [3.63, 3.8) is 0 Å². The van der Waals surface area contributed by atoms with Crippen molar-refractivity contribution in [3.05, 3.63) is 0 Å². The maximum atomic E-state index is 11.7. The highest BCUT2D eigenvalue weighted by Crippen LogP contribution is 2.27. The van der Waals surface area contributed by atoms with Crippen LogP contribution in [0.15, 0.2) is 0 Å². The third-order valence-corrected chi connectivity index (χ3v) is 4.67. The first-order valence-electron chi connectivity index (χ1n) is 8.22. The van der Waals surface area contributed by atoms with E-state index in [2.05, 4.69) is 5.32 Å². The number of nitrogens with one attached hydrogen (secondary N) is 1. The van der Waals surface area contributed by atoms with Crippen LogP contribution in [0.2, 0.25) is 0 Å². The van der Waals surface area contributed by atoms with Gasteiger partial charge in [-0.2, -0.15) is 0 Å². The lowest BCUT2D eigenvalue weighted by Crippen LogP contribution is -2.41. The van der Waals surface area contributed by atoms with E-state index in [1.165, 1.54) is 38.5 Å². The Bertz CT molecular complexity index is 264. The molecule has 2 fully saturated rings. The molecule has 0 radical (unpaired) electrons. The van der Waals surface area contributed by atoms with Gasteiger partial charge in [-0.3, -0.25) is 4.79 Å². The van der Waals surface area contributed by atoms with E-state index in [1.807, 2.05) is 6.92 Å². The Morgan fingerprint density at radius 2 is 1.53 bits per heavy atom. The highest BCUT2D eigenvalue weighted by atomic mass is 16.5. The van der Waals surface area contributed by atoms with E-state index in [0.717, 1.165) is 31.7 Å². The molecule has 3 nitrogen and oxygen atoms in total. The molecular formula is C16H29NO2. The summed E-state index contributed by atoms with van der Waals surface area (Å²) < 4.78 is 5.12. The van der Waals surface area contributed by atoms with Gasteiger partial charge >= 0.3 is 5.97 Å². The molecule has 19 heavy (non-hydrogen) atoms. The van der Waals surface area contributed by atoms with Crippen molar-refractivity contribution >= 4 is 5.97 Å². The number of ether oxygens (including phenoxy) is 1. The zero-order valence-corrected chi connectivity index (χ0v) is 12.3. The van der Waals surface area contributed by atoms with Gasteiger partial charge in [-0.15, -0.1) is 0 Å². The molecule has 2 aliphatic rings. The third-order valence-electron chi connectivity index (χ3n) is 4.67. The van der Waals surface area contributed by atoms with Crippen LogP contribution < -0.4 is 5.32 Å². The number of esters is 1. The SMILES string of the molecule is CCOC(=O)C1CCC(NC2CCCCCC2)CC1. The number of hydrogen-bond donors (Lipinski definition) is 1. The molecule has 2 saturated carbocycles. The molecule has 0 saturated heterocycles. The largest absolute Gasteiger partial charge is 0.466 e. The summed E-state index contributed by atoms with van der Waals surface area (Å²) in [5, 5.41) is 3.84. The fraction of sp³-hybridized carbons (Fsp3) is 0.938. The van der Waals surface area contributed by atoms with Crippen LogP contribution in [0.3, 0.4) is 0 Å². The van der Waals surface area contributed by atoms with Crippen LogP contribution in [0.4, 0.5) is 0 Å². The van der Waals surface area contributed by atoms with Gasteiger partial charge in [0.05, 0.1) is 12.5 Å². The molecule has 0 amide bonds. The molecule has 0 heterocycles. The van der Waals surface area contributed by atoms with E-state index in [9.17, 15) is 4.79 Å². The summed E-state index contributed by atoms with van der Waals surface area (Å²) >= 11 is 0. The predicted molar refractivity (Wildman–Crippen MR) is 77.0 cm³/mol. The smallest absolute Gasteiger partial charge is 0.308 e. The van der Waals surface area contributed by atoms with E-state index in [1.54, 1.807) is 0 Å². The second-order valence-corrected chi connectivity index (χ2v) is 6.16. The van der Waals surface area contributed by atoms with Gasteiger partial charge in [0.2, 0.25) is 0 Å². The number of rotatable bonds is 4. The minimum absolute atomic E-state index is 0.0235. The van der Waals surface area contributed by atoms with Gasteiger partial charge in [0, 0.05) is 12.1 Å². The minimum Gasteiger partial charge on any atom is -0.466 e. The van der Waals surface area contributed by atoms with Crippen LogP contribution >= 0.6 is 0 Å². The summed E-state index contributed by atoms with van der Waals surface area (Å²) in [6.45, 7) is 2.40. The van der Waals surface area contributed by atoms with Gasteiger partial charge in [-0.05, 0) is 45.4 Å². The van der Waals surface area contributed by atoms with Crippen molar-refractivity contribution in [2.24, 2.45) is 5.92 Å². The molecule has 3 heteroatoms. The van der Waals surface area contributed by atoms with Crippen molar-refractivity contribution in [3.8, 4) is 0 Å². The molecule has 0 aromatic heterocycles. The van der Waals surface area contributed by atoms with E-state index in [-0.39, 0.29) is 11.9 Å². The Balaban J connectivity index is 1.69. The first-order valence-corrected chi connectivity index (χ1v) is 8.22. The summed E-state index contributed by atoms with van der Waals surface area (Å²) in [7, 11) is 0. The summed E-state index contributed by atoms with van der Waals surface area (Å²) in [6, 6.07) is 1.36. The lowest BCUT2D eigenvalue weighted by atomic mass is 9.85. The number of carbonyl (C=O) groups excluding carboxylic acids is 1. The average Bonchev–Trinajstić information content (AvgIpc) is 2.68. The van der Waals surface area contributed by atoms with Crippen molar-refractivity contribution in [2.45, 2.75) is 83.2 Å². The summed E-state index contributed by atoms with van der Waals surface area (Å²) in [4.78, 5) is 11.7. The Morgan fingerprint density at radius 3 is 2.11 bits per heavy atom. The monoisotopic (exact) mass is 267 g/mol. The minimum atomic E-state index is 0.0235. The number of hydrogen-bond acceptors (Lipinski definition) is 3. The quantitative estimate of drug-likeness (QED) is 0.626. The lowest BCUT2D eigenvalue weighted by molar-refractivity contribution is -0.149. The Hall–Kier alpha value is -0.570. The van der Waals surface area contributed by atoms with Gasteiger partial charge in [0.1, 0.15) is 0 Å². The van der Waals surface area contributed by atoms with E-state index < -0.39 is 0 Å². The van der Waals surface area contributed by atoms with E-state index in [0.29, 0.717) is 12.6 Å². The summed E-state index contributed by atoms with van der Waals surface area (Å²) in [5.41, 5.74) is 0. The van der Waals surface area contributed by atoms with Crippen molar-refractivity contribution in [2.75, 3.05) is 6.61 Å². The van der Waals surface area contributed by atoms with Crippen molar-refractivity contribution in [1.29, 1.82) is 0 Å². The molecule has 0 spiro atoms. The second-order valence-electron chi connectivity index (χ2n) is 6.16. The van der Waals surface area contributed by atoms with Gasteiger partial charge in [0.25, 0.3) is 0 Å². The third kappa shape index (κ3) is 4.79. The molecule has 110 valence electrons. The van der Waals surface area contributed by atoms with E-state index >= 15 is 0 Å². The Labute approximate surface area is 117 Å². The normalized spacial score (nSPS) is 29.7. The molecule has 0 aromatic rings. The molecule has 0 bridgehead atoms. The van der Waals surface area contributed by atoms with Crippen LogP contribution in [0.25, 0.3) is 0 Å². The summed E-state index contributed by atoms with van der Waals surface area (Å²) in [5.74, 6) is 0.183. The highest BCUT2D eigenvalue weighted by molar-refractivity contribution is 5.72. The Kier molecular flexibility index (Phi) is 6.15. The van der Waals surface area contributed by atoms with Crippen molar-refractivity contribution in [1.82, 2.24) is 5.32 Å². The highest BCUT2D eigenvalue weighted by Gasteiger charge is 2.28. The van der Waals surface area contributed by atoms with Gasteiger partial charge < -0.3 is 10.1 Å². The van der Waals surface area contributed by atoms with Gasteiger partial charge in [-0.25, -0.2) is 0 Å². The van der Waals surface area contributed by atoms with Crippen LogP contribution in [-0.4, -0.2) is 24.7 Å². The lowest BCUT2D eigenvalue weighted by Gasteiger charge is -2.31. The molecule has 2 rings (SSSR count). The van der Waals surface area contributed by atoms with Gasteiger partial charge in [0.15, 0.2) is 0 Å². The fourth-order valence-corrected chi connectivity index (χ4v) is 3.54. The standard InChI is InChI=1S/C16H29NO2/c1-2-19-16(18)13-9-11-15(12-10-13)17-14-7-5-3-4-6-8-14/h13-15,17H,2-12H2,1H3. The molecule has 1 N–H and O–H groups in total. The van der Waals surface area contributed by atoms with Gasteiger partial charge in [-0.1, -0.05) is 25.7 Å². The van der Waals surface area contributed by atoms with Crippen LogP contribution in [0, 0.1) is 5.92 Å². The molecule has 0 unspecified atom stereocenters. The molecular weight excluding hydrogens is 238 g/mol. The molecule has 0 aliphatic heterocycles. The Morgan fingerprint density at radius 1 is 0.947 bits per heavy atom.